The predicted octanol–water partition coefficient (Wildman–Crippen LogP) is 2.43. The fraction of sp³-hybridized carbons (Fsp3) is 0.500. The van der Waals surface area contributed by atoms with Gasteiger partial charge in [0.1, 0.15) is 0 Å². The van der Waals surface area contributed by atoms with Crippen LogP contribution in [0.2, 0.25) is 5.02 Å². The van der Waals surface area contributed by atoms with E-state index in [0.717, 1.165) is 24.5 Å². The molecule has 82 valence electrons. The maximum absolute atomic E-state index is 6.14. The van der Waals surface area contributed by atoms with E-state index in [1.54, 1.807) is 0 Å². The molecule has 1 aliphatic rings. The normalized spacial score (nSPS) is 27.1. The molecule has 0 saturated carbocycles. The first-order valence-corrected chi connectivity index (χ1v) is 5.85. The van der Waals surface area contributed by atoms with Crippen molar-refractivity contribution in [3.8, 4) is 0 Å². The summed E-state index contributed by atoms with van der Waals surface area (Å²) in [6, 6.07) is 8.67. The highest BCUT2D eigenvalue weighted by atomic mass is 35.5. The highest BCUT2D eigenvalue weighted by molar-refractivity contribution is 6.30. The molecular weight excluding hydrogens is 208 g/mol. The van der Waals surface area contributed by atoms with E-state index in [1.807, 2.05) is 12.1 Å². The van der Waals surface area contributed by atoms with E-state index < -0.39 is 0 Å². The van der Waals surface area contributed by atoms with Gasteiger partial charge in [0.25, 0.3) is 0 Å². The molecule has 0 spiro atoms. The van der Waals surface area contributed by atoms with Crippen molar-refractivity contribution >= 4 is 11.6 Å². The summed E-state index contributed by atoms with van der Waals surface area (Å²) in [6.45, 7) is 4.34. The van der Waals surface area contributed by atoms with Gasteiger partial charge in [0.15, 0.2) is 0 Å². The Morgan fingerprint density at radius 2 is 2.07 bits per heavy atom. The maximum Gasteiger partial charge on any atom is 0.0499 e. The van der Waals surface area contributed by atoms with E-state index in [2.05, 4.69) is 24.0 Å². The van der Waals surface area contributed by atoms with Crippen molar-refractivity contribution in [2.24, 2.45) is 5.73 Å². The highest BCUT2D eigenvalue weighted by Crippen LogP contribution is 2.31. The Kier molecular flexibility index (Phi) is 3.29. The summed E-state index contributed by atoms with van der Waals surface area (Å²) in [5, 5.41) is 0.786. The molecule has 1 heterocycles. The van der Waals surface area contributed by atoms with E-state index in [4.69, 9.17) is 17.3 Å². The summed E-state index contributed by atoms with van der Waals surface area (Å²) in [7, 11) is 0. The quantitative estimate of drug-likeness (QED) is 0.836. The average Bonchev–Trinajstić information content (AvgIpc) is 2.61. The molecule has 2 unspecified atom stereocenters. The van der Waals surface area contributed by atoms with E-state index in [0.29, 0.717) is 6.04 Å². The summed E-state index contributed by atoms with van der Waals surface area (Å²) in [6.07, 6.45) is 1.08. The lowest BCUT2D eigenvalue weighted by Crippen LogP contribution is -2.31. The van der Waals surface area contributed by atoms with Gasteiger partial charge in [-0.3, -0.25) is 4.90 Å². The first-order valence-electron chi connectivity index (χ1n) is 5.47. The summed E-state index contributed by atoms with van der Waals surface area (Å²) >= 11 is 5.88. The van der Waals surface area contributed by atoms with Gasteiger partial charge in [-0.25, -0.2) is 0 Å². The van der Waals surface area contributed by atoms with Crippen LogP contribution in [0.3, 0.4) is 0 Å². The van der Waals surface area contributed by atoms with Crippen molar-refractivity contribution < 1.29 is 0 Å². The maximum atomic E-state index is 6.14. The monoisotopic (exact) mass is 224 g/mol. The largest absolute Gasteiger partial charge is 0.326 e. The molecule has 15 heavy (non-hydrogen) atoms. The minimum atomic E-state index is 0.256. The van der Waals surface area contributed by atoms with E-state index >= 15 is 0 Å². The van der Waals surface area contributed by atoms with Crippen LogP contribution in [-0.4, -0.2) is 24.0 Å². The molecule has 1 fully saturated rings. The SMILES string of the molecule is CCN1CCC(N)C1c1ccc(Cl)cc1. The minimum Gasteiger partial charge on any atom is -0.326 e. The molecule has 2 atom stereocenters. The zero-order valence-electron chi connectivity index (χ0n) is 8.99. The zero-order chi connectivity index (χ0) is 10.8. The molecule has 2 rings (SSSR count). The van der Waals surface area contributed by atoms with Crippen molar-refractivity contribution in [1.82, 2.24) is 4.90 Å². The van der Waals surface area contributed by atoms with Crippen LogP contribution >= 0.6 is 11.6 Å². The Balaban J connectivity index is 2.24. The number of rotatable bonds is 2. The fourth-order valence-corrected chi connectivity index (χ4v) is 2.48. The van der Waals surface area contributed by atoms with Gasteiger partial charge in [0.2, 0.25) is 0 Å². The Morgan fingerprint density at radius 3 is 2.67 bits per heavy atom. The molecule has 1 aromatic rings. The lowest BCUT2D eigenvalue weighted by Gasteiger charge is -2.25. The number of hydrogen-bond donors (Lipinski definition) is 1. The summed E-state index contributed by atoms with van der Waals surface area (Å²) in [4.78, 5) is 2.42. The van der Waals surface area contributed by atoms with Crippen LogP contribution < -0.4 is 5.73 Å². The van der Waals surface area contributed by atoms with Gasteiger partial charge < -0.3 is 5.73 Å². The Hall–Kier alpha value is -0.570. The molecular formula is C12H17ClN2. The highest BCUT2D eigenvalue weighted by Gasteiger charge is 2.31. The van der Waals surface area contributed by atoms with Gasteiger partial charge >= 0.3 is 0 Å². The van der Waals surface area contributed by atoms with Crippen LogP contribution in [0.25, 0.3) is 0 Å². The third kappa shape index (κ3) is 2.17. The second-order valence-corrected chi connectivity index (χ2v) is 4.51. The molecule has 0 amide bonds. The van der Waals surface area contributed by atoms with Gasteiger partial charge in [-0.15, -0.1) is 0 Å². The van der Waals surface area contributed by atoms with Crippen LogP contribution in [0.1, 0.15) is 24.9 Å². The molecule has 1 aliphatic heterocycles. The number of likely N-dealkylation sites (N-methyl/N-ethyl adjacent to an activating group) is 1. The van der Waals surface area contributed by atoms with E-state index in [-0.39, 0.29) is 6.04 Å². The van der Waals surface area contributed by atoms with Crippen molar-refractivity contribution in [3.05, 3.63) is 34.9 Å². The topological polar surface area (TPSA) is 29.3 Å². The van der Waals surface area contributed by atoms with Crippen LogP contribution in [0.4, 0.5) is 0 Å². The fourth-order valence-electron chi connectivity index (χ4n) is 2.36. The van der Waals surface area contributed by atoms with Gasteiger partial charge in [-0.1, -0.05) is 30.7 Å². The first-order chi connectivity index (χ1) is 7.22. The number of nitrogens with two attached hydrogens (primary N) is 1. The summed E-state index contributed by atoms with van der Waals surface area (Å²) in [5.74, 6) is 0. The third-order valence-corrected chi connectivity index (χ3v) is 3.42. The molecule has 2 N–H and O–H groups in total. The lowest BCUT2D eigenvalue weighted by atomic mass is 10.0. The second-order valence-electron chi connectivity index (χ2n) is 4.08. The average molecular weight is 225 g/mol. The molecule has 1 aromatic carbocycles. The van der Waals surface area contributed by atoms with Crippen LogP contribution in [0.5, 0.6) is 0 Å². The van der Waals surface area contributed by atoms with Gasteiger partial charge in [0, 0.05) is 23.7 Å². The molecule has 0 aromatic heterocycles. The van der Waals surface area contributed by atoms with Crippen molar-refractivity contribution in [3.63, 3.8) is 0 Å². The van der Waals surface area contributed by atoms with Gasteiger partial charge in [-0.2, -0.15) is 0 Å². The van der Waals surface area contributed by atoms with Crippen molar-refractivity contribution in [2.45, 2.75) is 25.4 Å². The lowest BCUT2D eigenvalue weighted by molar-refractivity contribution is 0.261. The van der Waals surface area contributed by atoms with Crippen molar-refractivity contribution in [1.29, 1.82) is 0 Å². The zero-order valence-corrected chi connectivity index (χ0v) is 9.74. The van der Waals surface area contributed by atoms with Gasteiger partial charge in [0.05, 0.1) is 0 Å². The van der Waals surface area contributed by atoms with Gasteiger partial charge in [-0.05, 0) is 30.7 Å². The number of halogens is 1. The number of nitrogens with zero attached hydrogens (tertiary/aromatic N) is 1. The Morgan fingerprint density at radius 1 is 1.40 bits per heavy atom. The first kappa shape index (κ1) is 10.9. The van der Waals surface area contributed by atoms with E-state index in [1.165, 1.54) is 5.56 Å². The smallest absolute Gasteiger partial charge is 0.0499 e. The summed E-state index contributed by atoms with van der Waals surface area (Å²) in [5.41, 5.74) is 7.42. The Labute approximate surface area is 96.0 Å². The predicted molar refractivity (Wildman–Crippen MR) is 64.0 cm³/mol. The number of benzene rings is 1. The molecule has 1 saturated heterocycles. The van der Waals surface area contributed by atoms with Crippen LogP contribution in [0.15, 0.2) is 24.3 Å². The molecule has 2 nitrogen and oxygen atoms in total. The summed E-state index contributed by atoms with van der Waals surface area (Å²) < 4.78 is 0. The molecule has 0 aliphatic carbocycles. The molecule has 0 bridgehead atoms. The third-order valence-electron chi connectivity index (χ3n) is 3.17. The van der Waals surface area contributed by atoms with E-state index in [9.17, 15) is 0 Å². The Bertz CT molecular complexity index is 323. The minimum absolute atomic E-state index is 0.256. The second kappa shape index (κ2) is 4.52. The number of likely N-dealkylation sites (tertiary alicyclic amines) is 1. The van der Waals surface area contributed by atoms with Crippen LogP contribution in [0, 0.1) is 0 Å². The van der Waals surface area contributed by atoms with Crippen molar-refractivity contribution in [2.75, 3.05) is 13.1 Å². The van der Waals surface area contributed by atoms with Crippen LogP contribution in [-0.2, 0) is 0 Å². The standard InChI is InChI=1S/C12H17ClN2/c1-2-15-8-7-11(14)12(15)9-3-5-10(13)6-4-9/h3-6,11-12H,2,7-8,14H2,1H3. The molecule has 0 radical (unpaired) electrons. The number of hydrogen-bond acceptors (Lipinski definition) is 2. The molecule has 3 heteroatoms.